The van der Waals surface area contributed by atoms with Crippen LogP contribution in [0.4, 0.5) is 47.1 Å². The molecule has 4 fully saturated rings. The Balaban J connectivity index is 0.000000935. The molecular weight excluding hydrogens is 1240 g/mol. The maximum Gasteiger partial charge on any atom is 0.233 e. The van der Waals surface area contributed by atoms with Gasteiger partial charge in [-0.05, 0) is 35.4 Å². The van der Waals surface area contributed by atoms with Crippen molar-refractivity contribution in [2.75, 3.05) is 230 Å². The monoisotopic (exact) mass is 1320 g/mol. The van der Waals surface area contributed by atoms with Crippen LogP contribution >= 0.6 is 12.0 Å². The second kappa shape index (κ2) is 31.5. The smallest absolute Gasteiger partial charge is 0.233 e. The number of likely N-dealkylation sites (N-methyl/N-ethyl adjacent to an activating group) is 4. The third kappa shape index (κ3) is 21.6. The highest BCUT2D eigenvalue weighted by molar-refractivity contribution is 7.94. The highest BCUT2D eigenvalue weighted by Gasteiger charge is 2.35. The number of aliphatic hydroxyl groups excluding tert-OH is 4. The van der Waals surface area contributed by atoms with Gasteiger partial charge in [-0.2, -0.15) is 34.2 Å². The zero-order valence-electron chi connectivity index (χ0n) is 50.0. The van der Waals surface area contributed by atoms with Crippen LogP contribution in [-0.4, -0.2) is 307 Å². The molecule has 4 aliphatic heterocycles. The van der Waals surface area contributed by atoms with Gasteiger partial charge in [-0.15, -0.1) is 0 Å². The van der Waals surface area contributed by atoms with Gasteiger partial charge < -0.3 is 87.5 Å². The van der Waals surface area contributed by atoms with Gasteiger partial charge in [0, 0.05) is 16.3 Å². The third-order valence-corrected chi connectivity index (χ3v) is 18.4. The van der Waals surface area contributed by atoms with Crippen molar-refractivity contribution in [1.82, 2.24) is 29.9 Å². The van der Waals surface area contributed by atoms with Crippen LogP contribution in [0, 0.1) is 0 Å². The van der Waals surface area contributed by atoms with Crippen LogP contribution in [0.2, 0.25) is 0 Å². The van der Waals surface area contributed by atoms with E-state index in [9.17, 15) is 64.6 Å². The predicted molar refractivity (Wildman–Crippen MR) is 318 cm³/mol. The first kappa shape index (κ1) is 71.6. The summed E-state index contributed by atoms with van der Waals surface area (Å²) in [7, 11) is -3.76. The second-order valence-electron chi connectivity index (χ2n) is 22.4. The van der Waals surface area contributed by atoms with E-state index in [0.29, 0.717) is 139 Å². The van der Waals surface area contributed by atoms with E-state index in [4.69, 9.17) is 34.2 Å². The summed E-state index contributed by atoms with van der Waals surface area (Å²) in [6, 6.07) is 9.52. The molecule has 8 rings (SSSR count). The molecule has 2 aromatic carbocycles. The van der Waals surface area contributed by atoms with Crippen LogP contribution in [0.1, 0.15) is 11.1 Å². The predicted octanol–water partition coefficient (Wildman–Crippen LogP) is -2.93. The average molecular weight is 1320 g/mol. The zero-order chi connectivity index (χ0) is 64.6. The first-order valence-electron chi connectivity index (χ1n) is 27.9. The fraction of sp³-hybridized carbons (Fsp3) is 0.600. The van der Waals surface area contributed by atoms with Crippen molar-refractivity contribution in [3.8, 4) is 0 Å². The molecule has 88 heavy (non-hydrogen) atoms. The Morgan fingerprint density at radius 3 is 1.09 bits per heavy atom. The van der Waals surface area contributed by atoms with Gasteiger partial charge in [0.15, 0.2) is 0 Å². The normalized spacial score (nSPS) is 18.5. The number of hydrogen-bond acceptors (Lipinski definition) is 31. The number of rotatable bonds is 24. The maximum absolute atomic E-state index is 12.9. The summed E-state index contributed by atoms with van der Waals surface area (Å²) in [6.45, 7) is 14.5. The summed E-state index contributed by atoms with van der Waals surface area (Å²) in [6.07, 6.45) is 3.07. The number of nitrogens with one attached hydrogen (secondary N) is 2. The number of aromatic nitrogens is 6. The molecule has 492 valence electrons. The van der Waals surface area contributed by atoms with Crippen LogP contribution in [-0.2, 0) is 48.7 Å². The van der Waals surface area contributed by atoms with E-state index < -0.39 is 35.8 Å². The zero-order valence-corrected chi connectivity index (χ0v) is 53.3. The van der Waals surface area contributed by atoms with E-state index in [2.05, 4.69) is 71.8 Å². The van der Waals surface area contributed by atoms with Crippen molar-refractivity contribution in [3.63, 3.8) is 0 Å². The minimum Gasteiger partial charge on any atom is -0.744 e. The summed E-state index contributed by atoms with van der Waals surface area (Å²) < 4.78 is 109. The second-order valence-corrected chi connectivity index (χ2v) is 26.8. The molecule has 0 aliphatic carbocycles. The SMILES string of the molecule is COS(=O)(=O)[O-].COS(=O)(=O)[O-].C[N+]1(CCO)CCN(c2nc(Nc3ccc(/C=C/c4ccc(Nc5nc(N6CC[N+](C)(CCO)CC6)nc(N6CC[N+](C)(CCO)CC6)n5)cc4S(=O)(=O)[O-])c(SOO[O-])c3)nc(N3CC[N+](C)(CCO)CC3)n2)CC1. The van der Waals surface area contributed by atoms with Gasteiger partial charge in [-0.1, -0.05) is 24.3 Å². The van der Waals surface area contributed by atoms with Gasteiger partial charge in [-0.3, -0.25) is 13.4 Å². The van der Waals surface area contributed by atoms with Crippen LogP contribution in [0.3, 0.4) is 0 Å². The Morgan fingerprint density at radius 1 is 0.511 bits per heavy atom. The Hall–Kier alpha value is -5.44. The standard InChI is InChI=1S/C48H74N16O10S2.2CH4O4S/c1-61(27-31-65)19-11-57(12-20-61)45-51-43(52-46(55-45)58-13-21-62(2,22-14-58)28-32-66)49-39-9-7-37(41(35-39)75-74-73-69)5-6-38-8-10-40(36-42(38)76(70,71)72)50-44-53-47(59-15-23-63(3,24-16-59)29-33-67)56-48(54-44)60-17-25-64(4,26-18-60)30-34-68;2*1-5-6(2,3)4/h5-10,35-36,65-68H,11-34H2,1-4H3,(H2-2,49,50,51,52,53,54,55,56,69,70,71,72);2*1H3,(H,2,3,4)/q+2;;/p-2/b6-5+;;. The molecule has 0 atom stereocenters. The van der Waals surface area contributed by atoms with E-state index in [0.717, 1.165) is 75.5 Å². The van der Waals surface area contributed by atoms with Crippen LogP contribution in [0.15, 0.2) is 46.2 Å². The van der Waals surface area contributed by atoms with E-state index in [1.807, 2.05) is 0 Å². The number of nitrogens with zero attached hydrogens (tertiary/aromatic N) is 14. The lowest BCUT2D eigenvalue weighted by molar-refractivity contribution is -0.910. The van der Waals surface area contributed by atoms with Crippen LogP contribution < -0.4 is 35.5 Å². The summed E-state index contributed by atoms with van der Waals surface area (Å²) in [4.78, 5) is 37.4. The van der Waals surface area contributed by atoms with E-state index in [1.54, 1.807) is 30.3 Å². The first-order valence-corrected chi connectivity index (χ1v) is 32.7. The van der Waals surface area contributed by atoms with Crippen molar-refractivity contribution in [3.05, 3.63) is 47.5 Å². The molecule has 6 heterocycles. The van der Waals surface area contributed by atoms with Crippen molar-refractivity contribution in [2.24, 2.45) is 0 Å². The molecule has 6 N–H and O–H groups in total. The summed E-state index contributed by atoms with van der Waals surface area (Å²) in [5.41, 5.74) is 1.36. The lowest BCUT2D eigenvalue weighted by atomic mass is 10.1. The summed E-state index contributed by atoms with van der Waals surface area (Å²) in [5, 5.41) is 60.0. The van der Waals surface area contributed by atoms with Crippen molar-refractivity contribution in [1.29, 1.82) is 0 Å². The molecule has 0 radical (unpaired) electrons. The van der Waals surface area contributed by atoms with E-state index >= 15 is 0 Å². The van der Waals surface area contributed by atoms with Crippen LogP contribution in [0.25, 0.3) is 12.2 Å². The van der Waals surface area contributed by atoms with Crippen molar-refractivity contribution >= 4 is 102 Å². The average Bonchev–Trinajstić information content (AvgIpc) is 2.45. The number of anilines is 8. The highest BCUT2D eigenvalue weighted by atomic mass is 32.3. The number of aliphatic hydroxyl groups is 4. The van der Waals surface area contributed by atoms with E-state index in [1.165, 1.54) is 18.2 Å². The molecule has 0 amide bonds. The Morgan fingerprint density at radius 2 is 0.807 bits per heavy atom. The quantitative estimate of drug-likeness (QED) is 0.00778. The van der Waals surface area contributed by atoms with Crippen molar-refractivity contribution in [2.45, 2.75) is 9.79 Å². The molecule has 4 aliphatic rings. The molecule has 0 unspecified atom stereocenters. The Labute approximate surface area is 517 Å². The highest BCUT2D eigenvalue weighted by Crippen LogP contribution is 2.33. The number of benzene rings is 2. The van der Waals surface area contributed by atoms with Crippen LogP contribution in [0.5, 0.6) is 0 Å². The summed E-state index contributed by atoms with van der Waals surface area (Å²) in [5.74, 6) is 2.34. The molecule has 0 spiro atoms. The Bertz CT molecular complexity index is 3160. The Kier molecular flexibility index (Phi) is 25.7. The number of quaternary nitrogens is 4. The first-order chi connectivity index (χ1) is 41.5. The fourth-order valence-corrected chi connectivity index (χ4v) is 11.3. The minimum atomic E-state index is -5.04. The molecular formula is C50H80N16O18S4. The largest absolute Gasteiger partial charge is 0.744 e. The molecule has 38 heteroatoms. The van der Waals surface area contributed by atoms with Gasteiger partial charge in [-0.25, -0.2) is 25.3 Å². The molecule has 4 aromatic rings. The lowest BCUT2D eigenvalue weighted by Crippen LogP contribution is -2.59. The fourth-order valence-electron chi connectivity index (χ4n) is 10.1. The lowest BCUT2D eigenvalue weighted by Gasteiger charge is -2.42. The molecule has 0 saturated carbocycles. The topological polar surface area (TPSA) is 427 Å². The molecule has 4 saturated heterocycles. The maximum atomic E-state index is 12.9. The summed E-state index contributed by atoms with van der Waals surface area (Å²) >= 11 is 0.634. The van der Waals surface area contributed by atoms with E-state index in [-0.39, 0.29) is 49.6 Å². The van der Waals surface area contributed by atoms with Crippen molar-refractivity contribution < 1.29 is 100 Å². The van der Waals surface area contributed by atoms with Gasteiger partial charge in [0.25, 0.3) is 0 Å². The minimum absolute atomic E-state index is 0.0866. The number of hydrogen-bond donors (Lipinski definition) is 6. The van der Waals surface area contributed by atoms with Gasteiger partial charge >= 0.3 is 0 Å². The molecule has 34 nitrogen and oxygen atoms in total. The third-order valence-electron chi connectivity index (χ3n) is 16.0. The molecule has 2 aromatic heterocycles. The van der Waals surface area contributed by atoms with Gasteiger partial charge in [0.1, 0.15) is 36.3 Å². The molecule has 0 bridgehead atoms. The van der Waals surface area contributed by atoms with Gasteiger partial charge in [0.05, 0.1) is 190 Å². The number of piperazine rings is 4. The van der Waals surface area contributed by atoms with Gasteiger partial charge in [0.2, 0.25) is 56.5 Å².